The van der Waals surface area contributed by atoms with Crippen LogP contribution in [-0.4, -0.2) is 43.0 Å². The van der Waals surface area contributed by atoms with E-state index in [2.05, 4.69) is 64.0 Å². The van der Waals surface area contributed by atoms with Gasteiger partial charge < -0.3 is 4.90 Å². The molecule has 0 amide bonds. The van der Waals surface area contributed by atoms with Gasteiger partial charge in [-0.15, -0.1) is 0 Å². The average Bonchev–Trinajstić information content (AvgIpc) is 2.30. The van der Waals surface area contributed by atoms with Gasteiger partial charge in [0.25, 0.3) is 0 Å². The summed E-state index contributed by atoms with van der Waals surface area (Å²) < 4.78 is 1.15. The molecule has 1 saturated heterocycles. The second-order valence-corrected chi connectivity index (χ2v) is 5.48. The first kappa shape index (κ1) is 12.1. The summed E-state index contributed by atoms with van der Waals surface area (Å²) in [5, 5.41) is 0. The van der Waals surface area contributed by atoms with Crippen LogP contribution in [0.5, 0.6) is 0 Å². The summed E-state index contributed by atoms with van der Waals surface area (Å²) >= 11 is 3.48. The highest BCUT2D eigenvalue weighted by Crippen LogP contribution is 2.22. The average molecular weight is 283 g/mol. The van der Waals surface area contributed by atoms with Crippen LogP contribution in [0.4, 0.5) is 0 Å². The Morgan fingerprint density at radius 1 is 1.06 bits per heavy atom. The van der Waals surface area contributed by atoms with Crippen molar-refractivity contribution in [1.29, 1.82) is 0 Å². The van der Waals surface area contributed by atoms with Crippen molar-refractivity contribution in [3.8, 4) is 0 Å². The van der Waals surface area contributed by atoms with Crippen LogP contribution in [0.3, 0.4) is 0 Å². The number of piperazine rings is 1. The van der Waals surface area contributed by atoms with Crippen LogP contribution < -0.4 is 0 Å². The van der Waals surface area contributed by atoms with E-state index >= 15 is 0 Å². The molecule has 0 bridgehead atoms. The lowest BCUT2D eigenvalue weighted by atomic mass is 10.1. The fraction of sp³-hybridized carbons (Fsp3) is 0.538. The number of hydrogen-bond acceptors (Lipinski definition) is 2. The largest absolute Gasteiger partial charge is 0.304 e. The van der Waals surface area contributed by atoms with Crippen LogP contribution in [0.15, 0.2) is 28.7 Å². The Labute approximate surface area is 106 Å². The zero-order valence-corrected chi connectivity index (χ0v) is 11.6. The molecule has 1 aliphatic heterocycles. The van der Waals surface area contributed by atoms with Crippen LogP contribution in [0.1, 0.15) is 18.5 Å². The maximum atomic E-state index is 3.48. The smallest absolute Gasteiger partial charge is 0.0320 e. The molecule has 0 N–H and O–H groups in total. The minimum atomic E-state index is 0.529. The zero-order valence-electron chi connectivity index (χ0n) is 9.99. The van der Waals surface area contributed by atoms with Crippen molar-refractivity contribution in [3.63, 3.8) is 0 Å². The van der Waals surface area contributed by atoms with Crippen LogP contribution >= 0.6 is 15.9 Å². The number of halogens is 1. The molecule has 1 fully saturated rings. The SMILES string of the molecule is CC(c1ccc(Br)cc1)N1CCN(C)CC1. The molecule has 0 aliphatic carbocycles. The van der Waals surface area contributed by atoms with Crippen LogP contribution in [-0.2, 0) is 0 Å². The minimum absolute atomic E-state index is 0.529. The number of benzene rings is 1. The van der Waals surface area contributed by atoms with Crippen LogP contribution in [0.25, 0.3) is 0 Å². The Morgan fingerprint density at radius 2 is 1.62 bits per heavy atom. The predicted octanol–water partition coefficient (Wildman–Crippen LogP) is 2.76. The van der Waals surface area contributed by atoms with E-state index in [1.165, 1.54) is 31.7 Å². The third kappa shape index (κ3) is 2.84. The number of hydrogen-bond donors (Lipinski definition) is 0. The highest BCUT2D eigenvalue weighted by molar-refractivity contribution is 9.10. The molecule has 88 valence electrons. The van der Waals surface area contributed by atoms with Crippen molar-refractivity contribution >= 4 is 15.9 Å². The molecule has 3 heteroatoms. The fourth-order valence-electron chi connectivity index (χ4n) is 2.16. The van der Waals surface area contributed by atoms with E-state index in [9.17, 15) is 0 Å². The molecular formula is C13H19BrN2. The van der Waals surface area contributed by atoms with Gasteiger partial charge in [0.05, 0.1) is 0 Å². The van der Waals surface area contributed by atoms with E-state index in [1.807, 2.05) is 0 Å². The van der Waals surface area contributed by atoms with Gasteiger partial charge in [0, 0.05) is 36.7 Å². The highest BCUT2D eigenvalue weighted by atomic mass is 79.9. The first-order valence-electron chi connectivity index (χ1n) is 5.85. The van der Waals surface area contributed by atoms with Crippen molar-refractivity contribution in [2.45, 2.75) is 13.0 Å². The summed E-state index contributed by atoms with van der Waals surface area (Å²) in [7, 11) is 2.20. The van der Waals surface area contributed by atoms with Gasteiger partial charge in [-0.1, -0.05) is 28.1 Å². The third-order valence-corrected chi connectivity index (χ3v) is 3.97. The van der Waals surface area contributed by atoms with E-state index in [0.29, 0.717) is 6.04 Å². The van der Waals surface area contributed by atoms with Gasteiger partial charge in [-0.2, -0.15) is 0 Å². The Bertz CT molecular complexity index is 328. The topological polar surface area (TPSA) is 6.48 Å². The predicted molar refractivity (Wildman–Crippen MR) is 71.6 cm³/mol. The van der Waals surface area contributed by atoms with Crippen LogP contribution in [0.2, 0.25) is 0 Å². The molecule has 2 nitrogen and oxygen atoms in total. The minimum Gasteiger partial charge on any atom is -0.304 e. The van der Waals surface area contributed by atoms with Gasteiger partial charge in [-0.05, 0) is 31.7 Å². The lowest BCUT2D eigenvalue weighted by Crippen LogP contribution is -2.45. The number of likely N-dealkylation sites (N-methyl/N-ethyl adjacent to an activating group) is 1. The molecule has 1 aliphatic rings. The van der Waals surface area contributed by atoms with Crippen molar-refractivity contribution in [1.82, 2.24) is 9.80 Å². The molecule has 16 heavy (non-hydrogen) atoms. The molecule has 1 aromatic carbocycles. The molecule has 0 aromatic heterocycles. The fourth-order valence-corrected chi connectivity index (χ4v) is 2.43. The Balaban J connectivity index is 2.01. The lowest BCUT2D eigenvalue weighted by Gasteiger charge is -2.36. The van der Waals surface area contributed by atoms with E-state index < -0.39 is 0 Å². The maximum absolute atomic E-state index is 3.48. The first-order chi connectivity index (χ1) is 7.66. The molecule has 0 spiro atoms. The molecule has 1 atom stereocenters. The third-order valence-electron chi connectivity index (χ3n) is 3.44. The van der Waals surface area contributed by atoms with Crippen molar-refractivity contribution in [3.05, 3.63) is 34.3 Å². The Hall–Kier alpha value is -0.380. The monoisotopic (exact) mass is 282 g/mol. The highest BCUT2D eigenvalue weighted by Gasteiger charge is 2.19. The maximum Gasteiger partial charge on any atom is 0.0320 e. The van der Waals surface area contributed by atoms with Gasteiger partial charge in [0.2, 0.25) is 0 Å². The van der Waals surface area contributed by atoms with Gasteiger partial charge in [0.1, 0.15) is 0 Å². The second kappa shape index (κ2) is 5.30. The van der Waals surface area contributed by atoms with E-state index in [-0.39, 0.29) is 0 Å². The molecule has 1 heterocycles. The zero-order chi connectivity index (χ0) is 11.5. The van der Waals surface area contributed by atoms with Gasteiger partial charge >= 0.3 is 0 Å². The van der Waals surface area contributed by atoms with Gasteiger partial charge in [-0.25, -0.2) is 0 Å². The first-order valence-corrected chi connectivity index (χ1v) is 6.64. The summed E-state index contributed by atoms with van der Waals surface area (Å²) in [6, 6.07) is 9.21. The lowest BCUT2D eigenvalue weighted by molar-refractivity contribution is 0.119. The van der Waals surface area contributed by atoms with Gasteiger partial charge in [0.15, 0.2) is 0 Å². The van der Waals surface area contributed by atoms with E-state index in [4.69, 9.17) is 0 Å². The Morgan fingerprint density at radius 3 is 2.19 bits per heavy atom. The molecule has 1 aromatic rings. The van der Waals surface area contributed by atoms with Gasteiger partial charge in [-0.3, -0.25) is 4.90 Å². The summed E-state index contributed by atoms with van der Waals surface area (Å²) in [5.41, 5.74) is 1.41. The quantitative estimate of drug-likeness (QED) is 0.823. The van der Waals surface area contributed by atoms with Crippen molar-refractivity contribution < 1.29 is 0 Å². The molecule has 2 rings (SSSR count). The molecular weight excluding hydrogens is 264 g/mol. The standard InChI is InChI=1S/C13H19BrN2/c1-11(12-3-5-13(14)6-4-12)16-9-7-15(2)8-10-16/h3-6,11H,7-10H2,1-2H3. The second-order valence-electron chi connectivity index (χ2n) is 4.57. The summed E-state index contributed by atoms with van der Waals surface area (Å²) in [6.45, 7) is 7.01. The summed E-state index contributed by atoms with van der Waals surface area (Å²) in [6.07, 6.45) is 0. The number of nitrogens with zero attached hydrogens (tertiary/aromatic N) is 2. The Kier molecular flexibility index (Phi) is 4.00. The van der Waals surface area contributed by atoms with Crippen molar-refractivity contribution in [2.75, 3.05) is 33.2 Å². The van der Waals surface area contributed by atoms with Crippen molar-refractivity contribution in [2.24, 2.45) is 0 Å². The van der Waals surface area contributed by atoms with Crippen LogP contribution in [0, 0.1) is 0 Å². The summed E-state index contributed by atoms with van der Waals surface area (Å²) in [5.74, 6) is 0. The molecule has 1 unspecified atom stereocenters. The normalized spacial score (nSPS) is 20.9. The molecule has 0 saturated carbocycles. The number of rotatable bonds is 2. The summed E-state index contributed by atoms with van der Waals surface area (Å²) in [4.78, 5) is 4.95. The van der Waals surface area contributed by atoms with E-state index in [0.717, 1.165) is 4.47 Å². The molecule has 0 radical (unpaired) electrons. The van der Waals surface area contributed by atoms with E-state index in [1.54, 1.807) is 0 Å².